The van der Waals surface area contributed by atoms with Crippen LogP contribution in [0.4, 0.5) is 14.5 Å². The molecule has 21 heavy (non-hydrogen) atoms. The summed E-state index contributed by atoms with van der Waals surface area (Å²) in [6.07, 6.45) is -0.526. The average Bonchev–Trinajstić information content (AvgIpc) is 2.75. The molecule has 0 unspecified atom stereocenters. The fourth-order valence-corrected chi connectivity index (χ4v) is 1.91. The Morgan fingerprint density at radius 3 is 2.48 bits per heavy atom. The van der Waals surface area contributed by atoms with E-state index in [1.807, 2.05) is 0 Å². The van der Waals surface area contributed by atoms with E-state index in [0.717, 1.165) is 12.1 Å². The molecule has 0 fully saturated rings. The number of carboxylic acid groups (broad SMARTS) is 1. The Kier molecular flexibility index (Phi) is 4.02. The Balaban J connectivity index is 2.18. The van der Waals surface area contributed by atoms with Crippen LogP contribution in [0.25, 0.3) is 0 Å². The van der Waals surface area contributed by atoms with Crippen LogP contribution in [0.1, 0.15) is 21.7 Å². The predicted octanol–water partition coefficient (Wildman–Crippen LogP) is 2.48. The number of aromatic carboxylic acids is 1. The number of aryl methyl sites for hydroxylation is 1. The molecule has 0 aliphatic rings. The number of hydrogen-bond acceptors (Lipinski definition) is 2. The summed E-state index contributed by atoms with van der Waals surface area (Å²) in [5.74, 6) is -3.60. The number of halogens is 2. The minimum Gasteiger partial charge on any atom is -0.477 e. The van der Waals surface area contributed by atoms with Crippen molar-refractivity contribution in [2.45, 2.75) is 13.3 Å². The number of H-pyrrole nitrogens is 1. The van der Waals surface area contributed by atoms with Crippen molar-refractivity contribution in [3.63, 3.8) is 0 Å². The Labute approximate surface area is 118 Å². The third-order valence-electron chi connectivity index (χ3n) is 2.84. The quantitative estimate of drug-likeness (QED) is 0.810. The molecule has 0 aliphatic carbocycles. The number of aromatic amines is 1. The Morgan fingerprint density at radius 1 is 1.29 bits per heavy atom. The van der Waals surface area contributed by atoms with Gasteiger partial charge < -0.3 is 15.4 Å². The van der Waals surface area contributed by atoms with Crippen molar-refractivity contribution in [3.05, 3.63) is 52.9 Å². The minimum atomic E-state index is -1.24. The second-order valence-electron chi connectivity index (χ2n) is 4.47. The molecule has 0 saturated heterocycles. The van der Waals surface area contributed by atoms with Crippen LogP contribution in [0.5, 0.6) is 0 Å². The predicted molar refractivity (Wildman–Crippen MR) is 71.2 cm³/mol. The van der Waals surface area contributed by atoms with Crippen molar-refractivity contribution in [2.24, 2.45) is 0 Å². The number of carbonyl (C=O) groups is 2. The lowest BCUT2D eigenvalue weighted by molar-refractivity contribution is -0.115. The summed E-state index contributed by atoms with van der Waals surface area (Å²) in [5.41, 5.74) is 0.0514. The lowest BCUT2D eigenvalue weighted by atomic mass is 10.1. The molecule has 0 saturated carbocycles. The smallest absolute Gasteiger partial charge is 0.354 e. The Bertz CT molecular complexity index is 690. The molecule has 5 nitrogen and oxygen atoms in total. The van der Waals surface area contributed by atoms with Crippen LogP contribution < -0.4 is 5.32 Å². The first-order valence-electron chi connectivity index (χ1n) is 6.04. The van der Waals surface area contributed by atoms with Gasteiger partial charge in [0.15, 0.2) is 0 Å². The highest BCUT2D eigenvalue weighted by molar-refractivity contribution is 6.00. The maximum Gasteiger partial charge on any atom is 0.354 e. The van der Waals surface area contributed by atoms with Gasteiger partial charge in [0.05, 0.1) is 12.1 Å². The lowest BCUT2D eigenvalue weighted by Gasteiger charge is -2.06. The summed E-state index contributed by atoms with van der Waals surface area (Å²) < 4.78 is 26.9. The first kappa shape index (κ1) is 14.7. The molecule has 1 aromatic carbocycles. The monoisotopic (exact) mass is 294 g/mol. The lowest BCUT2D eigenvalue weighted by Crippen LogP contribution is -2.17. The first-order valence-corrected chi connectivity index (χ1v) is 6.04. The number of anilines is 1. The molecule has 7 heteroatoms. The Morgan fingerprint density at radius 2 is 1.90 bits per heavy atom. The van der Waals surface area contributed by atoms with Crippen LogP contribution in [-0.2, 0) is 11.2 Å². The minimum absolute atomic E-state index is 0.0572. The first-order chi connectivity index (χ1) is 9.88. The van der Waals surface area contributed by atoms with Crippen molar-refractivity contribution in [1.82, 2.24) is 4.98 Å². The largest absolute Gasteiger partial charge is 0.477 e. The third-order valence-corrected chi connectivity index (χ3v) is 2.84. The highest BCUT2D eigenvalue weighted by Gasteiger charge is 2.17. The number of benzene rings is 1. The van der Waals surface area contributed by atoms with Gasteiger partial charge in [-0.3, -0.25) is 4.79 Å². The van der Waals surface area contributed by atoms with E-state index in [-0.39, 0.29) is 16.9 Å². The maximum atomic E-state index is 13.4. The molecule has 1 heterocycles. The van der Waals surface area contributed by atoms with Crippen LogP contribution in [0, 0.1) is 18.6 Å². The van der Waals surface area contributed by atoms with Crippen LogP contribution >= 0.6 is 0 Å². The zero-order chi connectivity index (χ0) is 15.6. The van der Waals surface area contributed by atoms with Gasteiger partial charge >= 0.3 is 5.97 Å². The molecule has 110 valence electrons. The van der Waals surface area contributed by atoms with Crippen LogP contribution in [0.2, 0.25) is 0 Å². The molecule has 2 rings (SSSR count). The van der Waals surface area contributed by atoms with Gasteiger partial charge in [0.2, 0.25) is 5.91 Å². The van der Waals surface area contributed by atoms with E-state index in [9.17, 15) is 18.4 Å². The highest BCUT2D eigenvalue weighted by atomic mass is 19.1. The standard InChI is InChI=1S/C14H12F2N2O3/c1-7-5-11(13(17-7)14(20)21)18-12(19)6-8-9(15)3-2-4-10(8)16/h2-5,17H,6H2,1H3,(H,18,19)(H,20,21). The zero-order valence-electron chi connectivity index (χ0n) is 11.0. The summed E-state index contributed by atoms with van der Waals surface area (Å²) in [7, 11) is 0. The van der Waals surface area contributed by atoms with Gasteiger partial charge in [-0.25, -0.2) is 13.6 Å². The maximum absolute atomic E-state index is 13.4. The molecule has 0 radical (unpaired) electrons. The second-order valence-corrected chi connectivity index (χ2v) is 4.47. The molecule has 2 aromatic rings. The van der Waals surface area contributed by atoms with E-state index < -0.39 is 29.9 Å². The normalized spacial score (nSPS) is 10.4. The fraction of sp³-hybridized carbons (Fsp3) is 0.143. The summed E-state index contributed by atoms with van der Waals surface area (Å²) in [6, 6.07) is 4.73. The molecule has 3 N–H and O–H groups in total. The number of hydrogen-bond donors (Lipinski definition) is 3. The number of nitrogens with one attached hydrogen (secondary N) is 2. The van der Waals surface area contributed by atoms with Gasteiger partial charge in [-0.2, -0.15) is 0 Å². The molecular formula is C14H12F2N2O3. The van der Waals surface area contributed by atoms with E-state index in [4.69, 9.17) is 5.11 Å². The molecule has 0 spiro atoms. The van der Waals surface area contributed by atoms with Crippen molar-refractivity contribution < 1.29 is 23.5 Å². The molecular weight excluding hydrogens is 282 g/mol. The number of rotatable bonds is 4. The number of carbonyl (C=O) groups excluding carboxylic acids is 1. The molecule has 1 aromatic heterocycles. The fourth-order valence-electron chi connectivity index (χ4n) is 1.91. The summed E-state index contributed by atoms with van der Waals surface area (Å²) >= 11 is 0. The van der Waals surface area contributed by atoms with Gasteiger partial charge in [0.25, 0.3) is 0 Å². The van der Waals surface area contributed by atoms with Gasteiger partial charge in [0.1, 0.15) is 17.3 Å². The van der Waals surface area contributed by atoms with Crippen molar-refractivity contribution in [2.75, 3.05) is 5.32 Å². The number of amides is 1. The summed E-state index contributed by atoms with van der Waals surface area (Å²) in [5, 5.41) is 11.3. The molecule has 0 bridgehead atoms. The second kappa shape index (κ2) is 5.74. The van der Waals surface area contributed by atoms with Crippen LogP contribution in [-0.4, -0.2) is 22.0 Å². The Hall–Kier alpha value is -2.70. The van der Waals surface area contributed by atoms with Crippen LogP contribution in [0.15, 0.2) is 24.3 Å². The van der Waals surface area contributed by atoms with E-state index in [1.165, 1.54) is 12.1 Å². The molecule has 0 atom stereocenters. The van der Waals surface area contributed by atoms with E-state index >= 15 is 0 Å². The summed E-state index contributed by atoms with van der Waals surface area (Å²) in [4.78, 5) is 25.4. The van der Waals surface area contributed by atoms with E-state index in [2.05, 4.69) is 10.3 Å². The van der Waals surface area contributed by atoms with Crippen molar-refractivity contribution >= 4 is 17.6 Å². The molecule has 0 aliphatic heterocycles. The number of carboxylic acids is 1. The van der Waals surface area contributed by atoms with Crippen molar-refractivity contribution in [1.29, 1.82) is 0 Å². The van der Waals surface area contributed by atoms with Gasteiger partial charge in [-0.05, 0) is 25.1 Å². The average molecular weight is 294 g/mol. The van der Waals surface area contributed by atoms with Crippen molar-refractivity contribution in [3.8, 4) is 0 Å². The van der Waals surface area contributed by atoms with Gasteiger partial charge in [0, 0.05) is 11.3 Å². The third kappa shape index (κ3) is 3.25. The molecule has 1 amide bonds. The van der Waals surface area contributed by atoms with Crippen LogP contribution in [0.3, 0.4) is 0 Å². The SMILES string of the molecule is Cc1cc(NC(=O)Cc2c(F)cccc2F)c(C(=O)O)[nH]1. The zero-order valence-corrected chi connectivity index (χ0v) is 11.0. The van der Waals surface area contributed by atoms with Gasteiger partial charge in [-0.15, -0.1) is 0 Å². The topological polar surface area (TPSA) is 82.2 Å². The number of aromatic nitrogens is 1. The summed E-state index contributed by atoms with van der Waals surface area (Å²) in [6.45, 7) is 1.62. The van der Waals surface area contributed by atoms with Gasteiger partial charge in [-0.1, -0.05) is 6.07 Å². The van der Waals surface area contributed by atoms with E-state index in [0.29, 0.717) is 5.69 Å². The van der Waals surface area contributed by atoms with E-state index in [1.54, 1.807) is 6.92 Å². The highest BCUT2D eigenvalue weighted by Crippen LogP contribution is 2.18.